The lowest BCUT2D eigenvalue weighted by Gasteiger charge is -2.34. The fourth-order valence-electron chi connectivity index (χ4n) is 2.95. The SMILES string of the molecule is CCN1CCN(c2cc(Nc3cccc(Cl)c3C)nc(C)n2)CC1. The lowest BCUT2D eigenvalue weighted by atomic mass is 10.2. The number of halogens is 1. The number of aryl methyl sites for hydroxylation is 1. The molecule has 0 spiro atoms. The molecule has 2 aromatic rings. The Labute approximate surface area is 148 Å². The predicted octanol–water partition coefficient (Wildman–Crippen LogP) is 3.63. The van der Waals surface area contributed by atoms with E-state index in [-0.39, 0.29) is 0 Å². The summed E-state index contributed by atoms with van der Waals surface area (Å²) in [5, 5.41) is 4.13. The highest BCUT2D eigenvalue weighted by atomic mass is 35.5. The number of aromatic nitrogens is 2. The summed E-state index contributed by atoms with van der Waals surface area (Å²) >= 11 is 6.21. The van der Waals surface area contributed by atoms with Gasteiger partial charge in [0.15, 0.2) is 0 Å². The van der Waals surface area contributed by atoms with E-state index >= 15 is 0 Å². The van der Waals surface area contributed by atoms with Gasteiger partial charge in [-0.1, -0.05) is 24.6 Å². The van der Waals surface area contributed by atoms with E-state index in [1.54, 1.807) is 0 Å². The molecule has 128 valence electrons. The lowest BCUT2D eigenvalue weighted by molar-refractivity contribution is 0.270. The van der Waals surface area contributed by atoms with Crippen molar-refractivity contribution in [1.29, 1.82) is 0 Å². The zero-order chi connectivity index (χ0) is 17.1. The topological polar surface area (TPSA) is 44.3 Å². The Morgan fingerprint density at radius 3 is 2.58 bits per heavy atom. The molecule has 6 heteroatoms. The summed E-state index contributed by atoms with van der Waals surface area (Å²) in [6, 6.07) is 7.87. The minimum absolute atomic E-state index is 0.752. The number of nitrogens with zero attached hydrogens (tertiary/aromatic N) is 4. The number of benzene rings is 1. The van der Waals surface area contributed by atoms with Crippen LogP contribution in [-0.2, 0) is 0 Å². The Morgan fingerprint density at radius 1 is 1.12 bits per heavy atom. The van der Waals surface area contributed by atoms with Gasteiger partial charge < -0.3 is 15.1 Å². The predicted molar refractivity (Wildman–Crippen MR) is 101 cm³/mol. The van der Waals surface area contributed by atoms with Crippen molar-refractivity contribution in [3.05, 3.63) is 40.7 Å². The van der Waals surface area contributed by atoms with Crippen LogP contribution >= 0.6 is 11.6 Å². The van der Waals surface area contributed by atoms with Gasteiger partial charge in [-0.3, -0.25) is 0 Å². The third-order valence-electron chi connectivity index (χ3n) is 4.50. The highest BCUT2D eigenvalue weighted by Crippen LogP contribution is 2.27. The summed E-state index contributed by atoms with van der Waals surface area (Å²) in [5.74, 6) is 2.56. The fourth-order valence-corrected chi connectivity index (χ4v) is 3.13. The average molecular weight is 346 g/mol. The van der Waals surface area contributed by atoms with Gasteiger partial charge >= 0.3 is 0 Å². The van der Waals surface area contributed by atoms with E-state index in [1.807, 2.05) is 38.1 Å². The highest BCUT2D eigenvalue weighted by molar-refractivity contribution is 6.31. The largest absolute Gasteiger partial charge is 0.354 e. The second kappa shape index (κ2) is 7.36. The molecule has 3 rings (SSSR count). The van der Waals surface area contributed by atoms with Gasteiger partial charge in [0.1, 0.15) is 17.5 Å². The van der Waals surface area contributed by atoms with Crippen LogP contribution in [-0.4, -0.2) is 47.6 Å². The molecule has 1 N–H and O–H groups in total. The van der Waals surface area contributed by atoms with Crippen LogP contribution in [0.2, 0.25) is 5.02 Å². The third kappa shape index (κ3) is 3.79. The Bertz CT molecular complexity index is 711. The molecule has 1 aromatic heterocycles. The molecule has 1 aromatic carbocycles. The number of likely N-dealkylation sites (N-methyl/N-ethyl adjacent to an activating group) is 1. The van der Waals surface area contributed by atoms with Crippen molar-refractivity contribution >= 4 is 28.9 Å². The molecule has 1 saturated heterocycles. The first kappa shape index (κ1) is 17.0. The Balaban J connectivity index is 1.80. The number of anilines is 3. The molecular weight excluding hydrogens is 322 g/mol. The van der Waals surface area contributed by atoms with Crippen LogP contribution in [0, 0.1) is 13.8 Å². The van der Waals surface area contributed by atoms with Gasteiger partial charge in [-0.15, -0.1) is 0 Å². The molecule has 0 aliphatic carbocycles. The number of hydrogen-bond donors (Lipinski definition) is 1. The molecule has 0 amide bonds. The smallest absolute Gasteiger partial charge is 0.136 e. The van der Waals surface area contributed by atoms with Crippen molar-refractivity contribution in [3.8, 4) is 0 Å². The van der Waals surface area contributed by atoms with E-state index < -0.39 is 0 Å². The second-order valence-electron chi connectivity index (χ2n) is 6.12. The number of hydrogen-bond acceptors (Lipinski definition) is 5. The Hall–Kier alpha value is -1.85. The summed E-state index contributed by atoms with van der Waals surface area (Å²) in [4.78, 5) is 13.9. The second-order valence-corrected chi connectivity index (χ2v) is 6.52. The standard InChI is InChI=1S/C18H24ClN5/c1-4-23-8-10-24(11-9-23)18-12-17(20-14(3)21-18)22-16-7-5-6-15(19)13(16)2/h5-7,12H,4,8-11H2,1-3H3,(H,20,21,22). The molecule has 1 fully saturated rings. The maximum Gasteiger partial charge on any atom is 0.136 e. The summed E-state index contributed by atoms with van der Waals surface area (Å²) in [6.07, 6.45) is 0. The van der Waals surface area contributed by atoms with E-state index in [2.05, 4.69) is 32.0 Å². The normalized spacial score (nSPS) is 15.6. The molecule has 5 nitrogen and oxygen atoms in total. The molecular formula is C18H24ClN5. The quantitative estimate of drug-likeness (QED) is 0.916. The van der Waals surface area contributed by atoms with Gasteiger partial charge in [-0.2, -0.15) is 0 Å². The van der Waals surface area contributed by atoms with Crippen molar-refractivity contribution in [2.45, 2.75) is 20.8 Å². The maximum atomic E-state index is 6.21. The van der Waals surface area contributed by atoms with Gasteiger partial charge in [-0.05, 0) is 38.1 Å². The Kier molecular flexibility index (Phi) is 5.21. The summed E-state index contributed by atoms with van der Waals surface area (Å²) in [6.45, 7) is 11.4. The third-order valence-corrected chi connectivity index (χ3v) is 4.91. The first-order chi connectivity index (χ1) is 11.6. The van der Waals surface area contributed by atoms with Crippen LogP contribution in [0.25, 0.3) is 0 Å². The zero-order valence-corrected chi connectivity index (χ0v) is 15.3. The number of piperazine rings is 1. The van der Waals surface area contributed by atoms with E-state index in [0.29, 0.717) is 0 Å². The molecule has 0 bridgehead atoms. The number of rotatable bonds is 4. The first-order valence-electron chi connectivity index (χ1n) is 8.42. The van der Waals surface area contributed by atoms with Crippen molar-refractivity contribution in [2.75, 3.05) is 42.9 Å². The van der Waals surface area contributed by atoms with Gasteiger partial charge in [0.05, 0.1) is 0 Å². The first-order valence-corrected chi connectivity index (χ1v) is 8.79. The van der Waals surface area contributed by atoms with Crippen LogP contribution in [0.5, 0.6) is 0 Å². The molecule has 24 heavy (non-hydrogen) atoms. The van der Waals surface area contributed by atoms with E-state index in [0.717, 1.165) is 66.5 Å². The monoisotopic (exact) mass is 345 g/mol. The van der Waals surface area contributed by atoms with Crippen molar-refractivity contribution in [3.63, 3.8) is 0 Å². The molecule has 0 radical (unpaired) electrons. The highest BCUT2D eigenvalue weighted by Gasteiger charge is 2.18. The molecule has 1 aliphatic rings. The Morgan fingerprint density at radius 2 is 1.88 bits per heavy atom. The average Bonchev–Trinajstić information content (AvgIpc) is 2.58. The summed E-state index contributed by atoms with van der Waals surface area (Å²) in [7, 11) is 0. The van der Waals surface area contributed by atoms with E-state index in [4.69, 9.17) is 11.6 Å². The number of nitrogens with one attached hydrogen (secondary N) is 1. The van der Waals surface area contributed by atoms with Gasteiger partial charge in [-0.25, -0.2) is 9.97 Å². The molecule has 1 aliphatic heterocycles. The van der Waals surface area contributed by atoms with Gasteiger partial charge in [0, 0.05) is 43.0 Å². The van der Waals surface area contributed by atoms with Crippen LogP contribution in [0.15, 0.2) is 24.3 Å². The molecule has 2 heterocycles. The zero-order valence-electron chi connectivity index (χ0n) is 14.5. The van der Waals surface area contributed by atoms with Gasteiger partial charge in [0.2, 0.25) is 0 Å². The maximum absolute atomic E-state index is 6.21. The van der Waals surface area contributed by atoms with Crippen LogP contribution in [0.3, 0.4) is 0 Å². The fraction of sp³-hybridized carbons (Fsp3) is 0.444. The van der Waals surface area contributed by atoms with Crippen LogP contribution in [0.4, 0.5) is 17.3 Å². The summed E-state index contributed by atoms with van der Waals surface area (Å²) < 4.78 is 0. The van der Waals surface area contributed by atoms with Crippen LogP contribution in [0.1, 0.15) is 18.3 Å². The molecule has 0 atom stereocenters. The van der Waals surface area contributed by atoms with E-state index in [1.165, 1.54) is 0 Å². The van der Waals surface area contributed by atoms with Gasteiger partial charge in [0.25, 0.3) is 0 Å². The minimum Gasteiger partial charge on any atom is -0.354 e. The molecule has 0 saturated carbocycles. The van der Waals surface area contributed by atoms with Crippen molar-refractivity contribution in [2.24, 2.45) is 0 Å². The van der Waals surface area contributed by atoms with E-state index in [9.17, 15) is 0 Å². The lowest BCUT2D eigenvalue weighted by Crippen LogP contribution is -2.46. The molecule has 0 unspecified atom stereocenters. The summed E-state index contributed by atoms with van der Waals surface area (Å²) in [5.41, 5.74) is 2.00. The minimum atomic E-state index is 0.752. The van der Waals surface area contributed by atoms with Crippen LogP contribution < -0.4 is 10.2 Å². The van der Waals surface area contributed by atoms with Crippen molar-refractivity contribution in [1.82, 2.24) is 14.9 Å². The van der Waals surface area contributed by atoms with Crippen molar-refractivity contribution < 1.29 is 0 Å².